The Morgan fingerprint density at radius 1 is 1.46 bits per heavy atom. The summed E-state index contributed by atoms with van der Waals surface area (Å²) >= 11 is 5.26. The van der Waals surface area contributed by atoms with E-state index in [1.165, 1.54) is 9.11 Å². The van der Waals surface area contributed by atoms with E-state index in [1.807, 2.05) is 0 Å². The lowest BCUT2D eigenvalue weighted by molar-refractivity contribution is 1.88. The largest absolute Gasteiger partial charge is 0.144 e. The van der Waals surface area contributed by atoms with Crippen LogP contribution in [0.5, 0.6) is 0 Å². The van der Waals surface area contributed by atoms with Crippen LogP contribution in [0.3, 0.4) is 0 Å². The monoisotopic (exact) mass is 228 g/mol. The number of allylic oxidation sites excluding steroid dienone is 2. The van der Waals surface area contributed by atoms with E-state index in [2.05, 4.69) is 42.7 Å². The topological polar surface area (TPSA) is 0 Å². The summed E-state index contributed by atoms with van der Waals surface area (Å²) < 4.78 is 1.30. The lowest BCUT2D eigenvalue weighted by atomic mass is 10.2. The van der Waals surface area contributed by atoms with Crippen LogP contribution >= 0.6 is 34.9 Å². The van der Waals surface area contributed by atoms with Crippen LogP contribution < -0.4 is 0 Å². The minimum absolute atomic E-state index is 1.11. The van der Waals surface area contributed by atoms with Gasteiger partial charge in [-0.25, -0.2) is 0 Å². The first kappa shape index (κ1) is 11.0. The van der Waals surface area contributed by atoms with Crippen molar-refractivity contribution in [3.05, 3.63) is 39.3 Å². The lowest BCUT2D eigenvalue weighted by Crippen LogP contribution is -1.73. The normalized spacial score (nSPS) is 9.69. The first-order valence-electron chi connectivity index (χ1n) is 3.80. The standard InChI is InChI=1S/C10H12S3/c1-8(7-10(11-2)12-3)9-5-4-6-13-9/h4-7H,1H2,2-3H3. The molecule has 0 radical (unpaired) electrons. The van der Waals surface area contributed by atoms with Crippen molar-refractivity contribution in [3.8, 4) is 0 Å². The van der Waals surface area contributed by atoms with Crippen molar-refractivity contribution >= 4 is 40.4 Å². The molecule has 0 saturated carbocycles. The maximum atomic E-state index is 4.04. The molecule has 70 valence electrons. The third-order valence-corrected chi connectivity index (χ3v) is 4.52. The van der Waals surface area contributed by atoms with E-state index in [0.29, 0.717) is 0 Å². The van der Waals surface area contributed by atoms with Gasteiger partial charge in [-0.05, 0) is 35.6 Å². The summed E-state index contributed by atoms with van der Waals surface area (Å²) in [6.07, 6.45) is 6.31. The zero-order valence-electron chi connectivity index (χ0n) is 7.74. The van der Waals surface area contributed by atoms with Crippen molar-refractivity contribution in [2.45, 2.75) is 0 Å². The Hall–Kier alpha value is -0.120. The average Bonchev–Trinajstić information content (AvgIpc) is 2.66. The van der Waals surface area contributed by atoms with Gasteiger partial charge in [-0.1, -0.05) is 12.6 Å². The fourth-order valence-electron chi connectivity index (χ4n) is 0.876. The molecular weight excluding hydrogens is 216 g/mol. The minimum atomic E-state index is 1.11. The average molecular weight is 228 g/mol. The van der Waals surface area contributed by atoms with E-state index in [0.717, 1.165) is 5.57 Å². The van der Waals surface area contributed by atoms with Crippen LogP contribution in [0.15, 0.2) is 34.4 Å². The number of hydrogen-bond acceptors (Lipinski definition) is 3. The second-order valence-electron chi connectivity index (χ2n) is 2.37. The molecule has 0 N–H and O–H groups in total. The highest BCUT2D eigenvalue weighted by Crippen LogP contribution is 2.28. The molecule has 3 heteroatoms. The van der Waals surface area contributed by atoms with Gasteiger partial charge in [-0.15, -0.1) is 34.9 Å². The van der Waals surface area contributed by atoms with Gasteiger partial charge in [0, 0.05) is 9.11 Å². The predicted octanol–water partition coefficient (Wildman–Crippen LogP) is 4.33. The highest BCUT2D eigenvalue weighted by atomic mass is 32.2. The zero-order valence-corrected chi connectivity index (χ0v) is 10.2. The Bertz CT molecular complexity index is 290. The second kappa shape index (κ2) is 5.58. The summed E-state index contributed by atoms with van der Waals surface area (Å²) in [6.45, 7) is 4.04. The van der Waals surface area contributed by atoms with Gasteiger partial charge < -0.3 is 0 Å². The van der Waals surface area contributed by atoms with Gasteiger partial charge in [-0.2, -0.15) is 0 Å². The Morgan fingerprint density at radius 3 is 2.62 bits per heavy atom. The third kappa shape index (κ3) is 3.25. The van der Waals surface area contributed by atoms with Crippen LogP contribution in [0.1, 0.15) is 4.88 Å². The van der Waals surface area contributed by atoms with Gasteiger partial charge >= 0.3 is 0 Å². The molecule has 13 heavy (non-hydrogen) atoms. The maximum absolute atomic E-state index is 4.04. The van der Waals surface area contributed by atoms with Crippen LogP contribution in [-0.4, -0.2) is 12.5 Å². The molecule has 0 fully saturated rings. The maximum Gasteiger partial charge on any atom is 0.0401 e. The summed E-state index contributed by atoms with van der Waals surface area (Å²) in [4.78, 5) is 1.25. The van der Waals surface area contributed by atoms with Crippen LogP contribution in [0.4, 0.5) is 0 Å². The van der Waals surface area contributed by atoms with Gasteiger partial charge in [0.1, 0.15) is 0 Å². The van der Waals surface area contributed by atoms with Crippen LogP contribution in [0.2, 0.25) is 0 Å². The summed E-state index contributed by atoms with van der Waals surface area (Å²) in [5.41, 5.74) is 1.11. The van der Waals surface area contributed by atoms with Crippen molar-refractivity contribution < 1.29 is 0 Å². The first-order valence-corrected chi connectivity index (χ1v) is 7.13. The van der Waals surface area contributed by atoms with E-state index in [1.54, 1.807) is 34.9 Å². The van der Waals surface area contributed by atoms with Crippen molar-refractivity contribution in [3.63, 3.8) is 0 Å². The number of thioether (sulfide) groups is 2. The molecule has 0 nitrogen and oxygen atoms in total. The molecule has 0 amide bonds. The van der Waals surface area contributed by atoms with Crippen LogP contribution in [0.25, 0.3) is 5.57 Å². The van der Waals surface area contributed by atoms with Crippen molar-refractivity contribution in [2.24, 2.45) is 0 Å². The fraction of sp³-hybridized carbons (Fsp3) is 0.200. The Balaban J connectivity index is 2.75. The summed E-state index contributed by atoms with van der Waals surface area (Å²) in [6, 6.07) is 4.15. The molecule has 1 heterocycles. The molecule has 0 spiro atoms. The molecule has 0 aliphatic carbocycles. The Kier molecular flexibility index (Phi) is 4.70. The molecule has 0 aliphatic heterocycles. The van der Waals surface area contributed by atoms with Gasteiger partial charge in [0.25, 0.3) is 0 Å². The van der Waals surface area contributed by atoms with Crippen molar-refractivity contribution in [1.29, 1.82) is 0 Å². The van der Waals surface area contributed by atoms with E-state index in [4.69, 9.17) is 0 Å². The molecule has 1 rings (SSSR count). The quantitative estimate of drug-likeness (QED) is 0.704. The smallest absolute Gasteiger partial charge is 0.0401 e. The van der Waals surface area contributed by atoms with Crippen LogP contribution in [0, 0.1) is 0 Å². The number of thiophene rings is 1. The Morgan fingerprint density at radius 2 is 2.15 bits per heavy atom. The molecule has 0 aromatic carbocycles. The summed E-state index contributed by atoms with van der Waals surface area (Å²) in [5.74, 6) is 0. The molecule has 0 aliphatic rings. The molecule has 0 atom stereocenters. The third-order valence-electron chi connectivity index (χ3n) is 1.53. The number of rotatable bonds is 4. The second-order valence-corrected chi connectivity index (χ2v) is 5.28. The van der Waals surface area contributed by atoms with E-state index in [-0.39, 0.29) is 0 Å². The molecular formula is C10H12S3. The molecule has 0 saturated heterocycles. The van der Waals surface area contributed by atoms with Crippen molar-refractivity contribution in [2.75, 3.05) is 12.5 Å². The van der Waals surface area contributed by atoms with E-state index in [9.17, 15) is 0 Å². The molecule has 0 bridgehead atoms. The highest BCUT2D eigenvalue weighted by molar-refractivity contribution is 8.21. The first-order chi connectivity index (χ1) is 6.27. The zero-order chi connectivity index (χ0) is 9.68. The van der Waals surface area contributed by atoms with Crippen molar-refractivity contribution in [1.82, 2.24) is 0 Å². The minimum Gasteiger partial charge on any atom is -0.144 e. The summed E-state index contributed by atoms with van der Waals surface area (Å²) in [7, 11) is 0. The van der Waals surface area contributed by atoms with Gasteiger partial charge in [-0.3, -0.25) is 0 Å². The fourth-order valence-corrected chi connectivity index (χ4v) is 2.73. The lowest BCUT2D eigenvalue weighted by Gasteiger charge is -2.00. The van der Waals surface area contributed by atoms with E-state index < -0.39 is 0 Å². The SMILES string of the molecule is C=C(C=C(SC)SC)c1cccs1. The predicted molar refractivity (Wildman–Crippen MR) is 68.5 cm³/mol. The van der Waals surface area contributed by atoms with Gasteiger partial charge in [0.2, 0.25) is 0 Å². The summed E-state index contributed by atoms with van der Waals surface area (Å²) in [5, 5.41) is 2.08. The van der Waals surface area contributed by atoms with Gasteiger partial charge in [0.05, 0.1) is 0 Å². The molecule has 1 aromatic heterocycles. The highest BCUT2D eigenvalue weighted by Gasteiger charge is 1.98. The van der Waals surface area contributed by atoms with E-state index >= 15 is 0 Å². The molecule has 0 unspecified atom stereocenters. The van der Waals surface area contributed by atoms with Gasteiger partial charge in [0.15, 0.2) is 0 Å². The Labute approximate surface area is 92.1 Å². The number of hydrogen-bond donors (Lipinski definition) is 0. The molecule has 1 aromatic rings. The van der Waals surface area contributed by atoms with Crippen LogP contribution in [-0.2, 0) is 0 Å².